The fourth-order valence-electron chi connectivity index (χ4n) is 6.54. The normalized spacial score (nSPS) is 11.7. The first-order valence-electron chi connectivity index (χ1n) is 20.6. The van der Waals surface area contributed by atoms with Crippen LogP contribution in [0.3, 0.4) is 0 Å². The summed E-state index contributed by atoms with van der Waals surface area (Å²) in [7, 11) is 0. The molecule has 0 spiro atoms. The molecule has 43 heavy (non-hydrogen) atoms. The molecule has 0 saturated heterocycles. The summed E-state index contributed by atoms with van der Waals surface area (Å²) in [5.74, 6) is 3.72. The van der Waals surface area contributed by atoms with Gasteiger partial charge in [-0.05, 0) is 30.3 Å². The van der Waals surface area contributed by atoms with Crippen LogP contribution >= 0.6 is 11.8 Å². The molecule has 0 N–H and O–H groups in total. The van der Waals surface area contributed by atoms with Gasteiger partial charge in [-0.2, -0.15) is 11.8 Å². The standard InChI is InChI=1S/C42H85S/c1-4-5-6-7-8-9-10-11-12-13-14-15-16-17-18-19-22-25-28-31-34-37-40-43-41-38-35-32-29-26-23-20-21-24-27-30-33-36-39-42(2)3/h42H,1,4-41H2,2-3H3. The molecule has 0 amide bonds. The van der Waals surface area contributed by atoms with E-state index in [0.717, 1.165) is 12.3 Å². The molecule has 1 radical (unpaired) electrons. The van der Waals surface area contributed by atoms with E-state index >= 15 is 0 Å². The van der Waals surface area contributed by atoms with Crippen molar-refractivity contribution in [1.82, 2.24) is 0 Å². The van der Waals surface area contributed by atoms with Crippen LogP contribution in [0.4, 0.5) is 0 Å². The van der Waals surface area contributed by atoms with Crippen LogP contribution in [-0.4, -0.2) is 11.5 Å². The zero-order valence-corrected chi connectivity index (χ0v) is 31.4. The largest absolute Gasteiger partial charge is 0.162 e. The van der Waals surface area contributed by atoms with Gasteiger partial charge in [0, 0.05) is 0 Å². The summed E-state index contributed by atoms with van der Waals surface area (Å²) in [6.45, 7) is 8.63. The molecule has 0 aromatic carbocycles. The van der Waals surface area contributed by atoms with E-state index in [4.69, 9.17) is 0 Å². The molecule has 0 saturated carbocycles. The topological polar surface area (TPSA) is 0 Å². The van der Waals surface area contributed by atoms with Crippen LogP contribution in [0.1, 0.15) is 245 Å². The van der Waals surface area contributed by atoms with Crippen LogP contribution in [0, 0.1) is 12.8 Å². The molecule has 1 heteroatoms. The van der Waals surface area contributed by atoms with Crippen molar-refractivity contribution in [2.75, 3.05) is 11.5 Å². The third-order valence-corrected chi connectivity index (χ3v) is 10.8. The van der Waals surface area contributed by atoms with Crippen molar-refractivity contribution in [1.29, 1.82) is 0 Å². The lowest BCUT2D eigenvalue weighted by atomic mass is 10.0. The number of unbranched alkanes of at least 4 members (excludes halogenated alkanes) is 33. The second-order valence-corrected chi connectivity index (χ2v) is 15.9. The van der Waals surface area contributed by atoms with E-state index < -0.39 is 0 Å². The average molecular weight is 622 g/mol. The zero-order chi connectivity index (χ0) is 31.2. The maximum absolute atomic E-state index is 3.93. The van der Waals surface area contributed by atoms with Crippen molar-refractivity contribution in [2.24, 2.45) is 5.92 Å². The highest BCUT2D eigenvalue weighted by atomic mass is 32.2. The summed E-state index contributed by atoms with van der Waals surface area (Å²) in [5, 5.41) is 0. The first-order chi connectivity index (χ1) is 21.3. The molecule has 0 rings (SSSR count). The summed E-state index contributed by atoms with van der Waals surface area (Å²) < 4.78 is 0. The van der Waals surface area contributed by atoms with Gasteiger partial charge in [-0.25, -0.2) is 0 Å². The van der Waals surface area contributed by atoms with Gasteiger partial charge in [-0.15, -0.1) is 0 Å². The fraction of sp³-hybridized carbons (Fsp3) is 0.976. The molecule has 0 aliphatic heterocycles. The van der Waals surface area contributed by atoms with E-state index in [1.54, 1.807) is 0 Å². The smallest absolute Gasteiger partial charge is 0.00675 e. The van der Waals surface area contributed by atoms with Crippen LogP contribution in [0.25, 0.3) is 0 Å². The van der Waals surface area contributed by atoms with Crippen LogP contribution in [-0.2, 0) is 0 Å². The van der Waals surface area contributed by atoms with E-state index in [0.29, 0.717) is 0 Å². The molecule has 259 valence electrons. The van der Waals surface area contributed by atoms with Gasteiger partial charge in [-0.3, -0.25) is 0 Å². The highest BCUT2D eigenvalue weighted by Crippen LogP contribution is 2.18. The van der Waals surface area contributed by atoms with Crippen molar-refractivity contribution in [3.63, 3.8) is 0 Å². The minimum absolute atomic E-state index is 0.894. The molecule has 0 heterocycles. The van der Waals surface area contributed by atoms with E-state index in [2.05, 4.69) is 32.5 Å². The van der Waals surface area contributed by atoms with E-state index in [1.165, 1.54) is 236 Å². The Kier molecular flexibility index (Phi) is 40.7. The summed E-state index contributed by atoms with van der Waals surface area (Å²) in [6, 6.07) is 0. The quantitative estimate of drug-likeness (QED) is 0.0615. The molecule has 0 aromatic heterocycles. The van der Waals surface area contributed by atoms with Gasteiger partial charge >= 0.3 is 0 Å². The lowest BCUT2D eigenvalue weighted by Gasteiger charge is -2.05. The number of hydrogen-bond donors (Lipinski definition) is 0. The molecule has 0 fully saturated rings. The summed E-state index contributed by atoms with van der Waals surface area (Å²) in [5.41, 5.74) is 0. The third-order valence-electron chi connectivity index (χ3n) is 9.61. The third kappa shape index (κ3) is 42.4. The molecule has 0 unspecified atom stereocenters. The Balaban J connectivity index is 3.03. The maximum Gasteiger partial charge on any atom is -0.00675 e. The minimum atomic E-state index is 0.894. The molecule has 0 aromatic rings. The molecule has 0 atom stereocenters. The van der Waals surface area contributed by atoms with Crippen LogP contribution in [0.2, 0.25) is 0 Å². The van der Waals surface area contributed by atoms with Crippen LogP contribution in [0.15, 0.2) is 0 Å². The maximum atomic E-state index is 3.93. The molecular formula is C42H85S. The van der Waals surface area contributed by atoms with Crippen LogP contribution < -0.4 is 0 Å². The summed E-state index contributed by atoms with van der Waals surface area (Å²) >= 11 is 2.23. The Morgan fingerprint density at radius 3 is 0.744 bits per heavy atom. The van der Waals surface area contributed by atoms with Gasteiger partial charge in [0.05, 0.1) is 0 Å². The molecule has 0 aliphatic rings. The Morgan fingerprint density at radius 2 is 0.512 bits per heavy atom. The zero-order valence-electron chi connectivity index (χ0n) is 30.6. The lowest BCUT2D eigenvalue weighted by molar-refractivity contribution is 0.503. The number of hydrogen-bond acceptors (Lipinski definition) is 1. The van der Waals surface area contributed by atoms with Crippen molar-refractivity contribution in [3.05, 3.63) is 6.92 Å². The van der Waals surface area contributed by atoms with Gasteiger partial charge < -0.3 is 0 Å². The molecule has 0 nitrogen and oxygen atoms in total. The SMILES string of the molecule is [CH2]CCCCCCCCCCCCCCCCCCCCCCCSCCCCCCCCCCCCCCCC(C)C. The predicted molar refractivity (Wildman–Crippen MR) is 204 cm³/mol. The first-order valence-corrected chi connectivity index (χ1v) is 21.8. The average Bonchev–Trinajstić information content (AvgIpc) is 3.00. The Labute approximate surface area is 280 Å². The predicted octanol–water partition coefficient (Wildman–Crippen LogP) is 16.3. The van der Waals surface area contributed by atoms with Crippen molar-refractivity contribution < 1.29 is 0 Å². The highest BCUT2D eigenvalue weighted by Gasteiger charge is 1.98. The monoisotopic (exact) mass is 622 g/mol. The Hall–Kier alpha value is 0.350. The van der Waals surface area contributed by atoms with E-state index in [9.17, 15) is 0 Å². The van der Waals surface area contributed by atoms with Gasteiger partial charge in [0.25, 0.3) is 0 Å². The van der Waals surface area contributed by atoms with Crippen molar-refractivity contribution in [2.45, 2.75) is 245 Å². The summed E-state index contributed by atoms with van der Waals surface area (Å²) in [6.07, 6.45) is 52.6. The van der Waals surface area contributed by atoms with Gasteiger partial charge in [0.2, 0.25) is 0 Å². The van der Waals surface area contributed by atoms with Gasteiger partial charge in [0.1, 0.15) is 0 Å². The highest BCUT2D eigenvalue weighted by molar-refractivity contribution is 7.99. The van der Waals surface area contributed by atoms with E-state index in [1.807, 2.05) is 0 Å². The van der Waals surface area contributed by atoms with Gasteiger partial charge in [-0.1, -0.05) is 239 Å². The molecule has 0 bridgehead atoms. The first kappa shape index (κ1) is 43.4. The minimum Gasteiger partial charge on any atom is -0.162 e. The summed E-state index contributed by atoms with van der Waals surface area (Å²) in [4.78, 5) is 0. The second kappa shape index (κ2) is 40.4. The van der Waals surface area contributed by atoms with Crippen LogP contribution in [0.5, 0.6) is 0 Å². The fourth-order valence-corrected chi connectivity index (χ4v) is 7.56. The second-order valence-electron chi connectivity index (χ2n) is 14.7. The van der Waals surface area contributed by atoms with Crippen molar-refractivity contribution in [3.8, 4) is 0 Å². The lowest BCUT2D eigenvalue weighted by Crippen LogP contribution is -1.88. The van der Waals surface area contributed by atoms with Gasteiger partial charge in [0.15, 0.2) is 0 Å². The van der Waals surface area contributed by atoms with Crippen molar-refractivity contribution >= 4 is 11.8 Å². The molecular weight excluding hydrogens is 537 g/mol. The Morgan fingerprint density at radius 1 is 0.302 bits per heavy atom. The number of thioether (sulfide) groups is 1. The number of rotatable bonds is 39. The van der Waals surface area contributed by atoms with E-state index in [-0.39, 0.29) is 0 Å². The molecule has 0 aliphatic carbocycles. The Bertz CT molecular complexity index is 458.